The number of allylic oxidation sites excluding steroid dienone is 1. The Balaban J connectivity index is 3.13. The summed E-state index contributed by atoms with van der Waals surface area (Å²) >= 11 is 0. The molecule has 5 nitrogen and oxygen atoms in total. The number of ketones is 1. The van der Waals surface area contributed by atoms with Crippen LogP contribution >= 0.6 is 0 Å². The van der Waals surface area contributed by atoms with Gasteiger partial charge in [0.1, 0.15) is 0 Å². The second-order valence-corrected chi connectivity index (χ2v) is 3.18. The van der Waals surface area contributed by atoms with Gasteiger partial charge < -0.3 is 15.6 Å². The van der Waals surface area contributed by atoms with E-state index in [4.69, 9.17) is 15.6 Å². The maximum Gasteiger partial charge on any atom is 0.355 e. The van der Waals surface area contributed by atoms with Crippen molar-refractivity contribution in [3.05, 3.63) is 47.4 Å². The van der Waals surface area contributed by atoms with E-state index >= 15 is 0 Å². The summed E-state index contributed by atoms with van der Waals surface area (Å²) in [5, 5.41) is 8.76. The van der Waals surface area contributed by atoms with Crippen molar-refractivity contribution in [1.82, 2.24) is 0 Å². The average molecular weight is 235 g/mol. The van der Waals surface area contributed by atoms with Crippen LogP contribution in [0.25, 0.3) is 0 Å². The van der Waals surface area contributed by atoms with E-state index in [2.05, 4.69) is 0 Å². The highest BCUT2D eigenvalue weighted by Crippen LogP contribution is 2.12. The van der Waals surface area contributed by atoms with E-state index in [1.54, 1.807) is 37.3 Å². The third-order valence-corrected chi connectivity index (χ3v) is 2.01. The first-order valence-electron chi connectivity index (χ1n) is 5.03. The van der Waals surface area contributed by atoms with Crippen LogP contribution in [0.1, 0.15) is 17.3 Å². The lowest BCUT2D eigenvalue weighted by Crippen LogP contribution is -2.20. The molecule has 0 amide bonds. The maximum atomic E-state index is 12.0. The van der Waals surface area contributed by atoms with Crippen molar-refractivity contribution in [1.29, 1.82) is 0 Å². The van der Waals surface area contributed by atoms with Crippen LogP contribution in [0.5, 0.6) is 0 Å². The Bertz CT molecular complexity index is 451. The topological polar surface area (TPSA) is 89.6 Å². The number of hydrogen-bond acceptors (Lipinski definition) is 4. The van der Waals surface area contributed by atoms with Gasteiger partial charge in [-0.15, -0.1) is 0 Å². The van der Waals surface area contributed by atoms with Gasteiger partial charge in [0.2, 0.25) is 5.78 Å². The molecule has 0 aliphatic heterocycles. The molecule has 0 atom stereocenters. The van der Waals surface area contributed by atoms with Gasteiger partial charge >= 0.3 is 5.97 Å². The van der Waals surface area contributed by atoms with E-state index in [1.165, 1.54) is 0 Å². The zero-order chi connectivity index (χ0) is 12.8. The first-order chi connectivity index (χ1) is 8.07. The Kier molecular flexibility index (Phi) is 4.28. The molecule has 3 N–H and O–H groups in total. The number of benzene rings is 1. The number of nitrogens with two attached hydrogens (primary N) is 1. The van der Waals surface area contributed by atoms with Gasteiger partial charge in [0.25, 0.3) is 0 Å². The number of carbonyl (C=O) groups excluding carboxylic acids is 1. The number of carboxylic acids is 1. The molecule has 0 aromatic heterocycles. The van der Waals surface area contributed by atoms with Crippen molar-refractivity contribution in [2.24, 2.45) is 5.73 Å². The minimum atomic E-state index is -1.38. The molecule has 0 saturated heterocycles. The third kappa shape index (κ3) is 3.07. The van der Waals surface area contributed by atoms with Crippen LogP contribution in [0, 0.1) is 0 Å². The van der Waals surface area contributed by atoms with Crippen LogP contribution in [0.2, 0.25) is 0 Å². The van der Waals surface area contributed by atoms with Crippen LogP contribution in [-0.2, 0) is 9.53 Å². The first-order valence-corrected chi connectivity index (χ1v) is 5.03. The Labute approximate surface area is 98.5 Å². The standard InChI is InChI=1S/C12H13NO4/c1-2-17-11(9(13)12(15)16)10(14)8-6-4-3-5-7-8/h3-7H,2,13H2,1H3,(H,15,16). The molecule has 0 unspecified atom stereocenters. The van der Waals surface area contributed by atoms with Gasteiger partial charge in [-0.25, -0.2) is 4.79 Å². The fraction of sp³-hybridized carbons (Fsp3) is 0.167. The summed E-state index contributed by atoms with van der Waals surface area (Å²) in [5.41, 5.74) is 5.07. The zero-order valence-corrected chi connectivity index (χ0v) is 9.34. The van der Waals surface area contributed by atoms with Gasteiger partial charge in [-0.3, -0.25) is 4.79 Å². The Morgan fingerprint density at radius 2 is 1.88 bits per heavy atom. The van der Waals surface area contributed by atoms with E-state index in [0.717, 1.165) is 0 Å². The van der Waals surface area contributed by atoms with E-state index in [9.17, 15) is 9.59 Å². The highest BCUT2D eigenvalue weighted by atomic mass is 16.5. The SMILES string of the molecule is CCOC(C(=O)c1ccccc1)=C(N)C(=O)O. The molecule has 0 aliphatic carbocycles. The summed E-state index contributed by atoms with van der Waals surface area (Å²) in [4.78, 5) is 22.7. The number of aliphatic carboxylic acids is 1. The highest BCUT2D eigenvalue weighted by molar-refractivity contribution is 6.10. The van der Waals surface area contributed by atoms with E-state index in [-0.39, 0.29) is 12.4 Å². The molecule has 0 spiro atoms. The largest absolute Gasteiger partial charge is 0.488 e. The quantitative estimate of drug-likeness (QED) is 0.454. The maximum absolute atomic E-state index is 12.0. The van der Waals surface area contributed by atoms with Crippen molar-refractivity contribution >= 4 is 11.8 Å². The second-order valence-electron chi connectivity index (χ2n) is 3.18. The van der Waals surface area contributed by atoms with Gasteiger partial charge in [-0.1, -0.05) is 30.3 Å². The molecule has 1 aromatic carbocycles. The lowest BCUT2D eigenvalue weighted by atomic mass is 10.1. The monoisotopic (exact) mass is 235 g/mol. The van der Waals surface area contributed by atoms with Gasteiger partial charge in [0, 0.05) is 5.56 Å². The van der Waals surface area contributed by atoms with E-state index in [1.807, 2.05) is 0 Å². The van der Waals surface area contributed by atoms with Crippen LogP contribution in [-0.4, -0.2) is 23.5 Å². The summed E-state index contributed by atoms with van der Waals surface area (Å²) in [7, 11) is 0. The smallest absolute Gasteiger partial charge is 0.355 e. The molecular weight excluding hydrogens is 222 g/mol. The number of carbonyl (C=O) groups is 2. The summed E-state index contributed by atoms with van der Waals surface area (Å²) in [5.74, 6) is -2.24. The molecule has 0 aliphatic rings. The van der Waals surface area contributed by atoms with Crippen LogP contribution < -0.4 is 5.73 Å². The second kappa shape index (κ2) is 5.69. The van der Waals surface area contributed by atoms with Crippen molar-refractivity contribution in [3.63, 3.8) is 0 Å². The summed E-state index contributed by atoms with van der Waals surface area (Å²) in [6.45, 7) is 1.81. The van der Waals surface area contributed by atoms with Crippen LogP contribution in [0.4, 0.5) is 0 Å². The number of ether oxygens (including phenoxy) is 1. The Hall–Kier alpha value is -2.30. The number of hydrogen-bond donors (Lipinski definition) is 2. The lowest BCUT2D eigenvalue weighted by Gasteiger charge is -2.09. The molecule has 17 heavy (non-hydrogen) atoms. The van der Waals surface area contributed by atoms with Crippen LogP contribution in [0.15, 0.2) is 41.8 Å². The minimum Gasteiger partial charge on any atom is -0.488 e. The normalized spacial score (nSPS) is 11.6. The molecular formula is C12H13NO4. The zero-order valence-electron chi connectivity index (χ0n) is 9.34. The number of rotatable bonds is 5. The number of Topliss-reactive ketones (excluding diaryl/α,β-unsaturated/α-hetero) is 1. The fourth-order valence-electron chi connectivity index (χ4n) is 1.23. The van der Waals surface area contributed by atoms with Crippen molar-refractivity contribution in [2.75, 3.05) is 6.61 Å². The molecule has 0 fully saturated rings. The van der Waals surface area contributed by atoms with Crippen molar-refractivity contribution in [3.8, 4) is 0 Å². The van der Waals surface area contributed by atoms with Gasteiger partial charge in [-0.05, 0) is 6.92 Å². The molecule has 90 valence electrons. The molecule has 0 radical (unpaired) electrons. The Morgan fingerprint density at radius 1 is 1.29 bits per heavy atom. The van der Waals surface area contributed by atoms with E-state index in [0.29, 0.717) is 5.56 Å². The molecule has 0 saturated carbocycles. The Morgan fingerprint density at radius 3 is 2.35 bits per heavy atom. The summed E-state index contributed by atoms with van der Waals surface area (Å²) < 4.78 is 5.01. The average Bonchev–Trinajstić information content (AvgIpc) is 2.35. The van der Waals surface area contributed by atoms with E-state index < -0.39 is 17.4 Å². The summed E-state index contributed by atoms with van der Waals surface area (Å²) in [6.07, 6.45) is 0. The molecule has 5 heteroatoms. The third-order valence-electron chi connectivity index (χ3n) is 2.01. The van der Waals surface area contributed by atoms with Gasteiger partial charge in [0.05, 0.1) is 6.61 Å². The first kappa shape index (κ1) is 12.8. The van der Waals surface area contributed by atoms with Crippen molar-refractivity contribution < 1.29 is 19.4 Å². The minimum absolute atomic E-state index is 0.169. The highest BCUT2D eigenvalue weighted by Gasteiger charge is 2.20. The number of carboxylic acid groups (broad SMARTS) is 1. The molecule has 0 bridgehead atoms. The van der Waals surface area contributed by atoms with Crippen molar-refractivity contribution in [2.45, 2.75) is 6.92 Å². The molecule has 1 rings (SSSR count). The molecule has 0 heterocycles. The molecule has 1 aromatic rings. The predicted octanol–water partition coefficient (Wildman–Crippen LogP) is 1.16. The lowest BCUT2D eigenvalue weighted by molar-refractivity contribution is -0.133. The van der Waals surface area contributed by atoms with Crippen LogP contribution in [0.3, 0.4) is 0 Å². The van der Waals surface area contributed by atoms with Gasteiger partial charge in [-0.2, -0.15) is 0 Å². The fourth-order valence-corrected chi connectivity index (χ4v) is 1.23. The van der Waals surface area contributed by atoms with Gasteiger partial charge in [0.15, 0.2) is 11.5 Å². The predicted molar refractivity (Wildman–Crippen MR) is 61.2 cm³/mol. The summed E-state index contributed by atoms with van der Waals surface area (Å²) in [6, 6.07) is 8.23.